The van der Waals surface area contributed by atoms with Gasteiger partial charge in [-0.15, -0.1) is 0 Å². The lowest BCUT2D eigenvalue weighted by atomic mass is 9.85. The van der Waals surface area contributed by atoms with Crippen LogP contribution in [-0.4, -0.2) is 71.6 Å². The summed E-state index contributed by atoms with van der Waals surface area (Å²) in [5, 5.41) is 5.71. The van der Waals surface area contributed by atoms with Gasteiger partial charge in [-0.2, -0.15) is 0 Å². The van der Waals surface area contributed by atoms with Gasteiger partial charge in [-0.3, -0.25) is 19.3 Å². The molecule has 2 aliphatic rings. The molecule has 1 aliphatic heterocycles. The standard InChI is InChI=1S/C24H30ClFN6O4/c25-18-13-16(26)3-6-19(18)30-23(34)15-1-4-17(5-2-15)32-14-29-20(21(32)22(27)33)24(35)28-7-8-31-9-11-36-12-10-31/h3,6,13-15,17H,1-2,4-5,7-12H2,(H2,27,33)(H,28,35)(H,30,34). The van der Waals surface area contributed by atoms with Crippen molar-refractivity contribution in [3.05, 3.63) is 46.8 Å². The Bertz CT molecular complexity index is 1110. The van der Waals surface area contributed by atoms with Crippen LogP contribution in [0.1, 0.15) is 52.7 Å². The van der Waals surface area contributed by atoms with E-state index in [1.165, 1.54) is 18.5 Å². The van der Waals surface area contributed by atoms with Crippen LogP contribution < -0.4 is 16.4 Å². The van der Waals surface area contributed by atoms with Gasteiger partial charge in [-0.1, -0.05) is 11.6 Å². The normalized spacial score (nSPS) is 20.6. The highest BCUT2D eigenvalue weighted by Crippen LogP contribution is 2.34. The first-order valence-corrected chi connectivity index (χ1v) is 12.4. The molecule has 1 aromatic carbocycles. The summed E-state index contributed by atoms with van der Waals surface area (Å²) in [6.07, 6.45) is 3.80. The third-order valence-electron chi connectivity index (χ3n) is 6.71. The highest BCUT2D eigenvalue weighted by atomic mass is 35.5. The molecule has 1 saturated carbocycles. The minimum atomic E-state index is -0.725. The number of primary amides is 1. The van der Waals surface area contributed by atoms with E-state index in [1.807, 2.05) is 0 Å². The third-order valence-corrected chi connectivity index (χ3v) is 7.02. The summed E-state index contributed by atoms with van der Waals surface area (Å²) in [6.45, 7) is 4.07. The molecule has 3 amide bonds. The van der Waals surface area contributed by atoms with Crippen molar-refractivity contribution in [2.75, 3.05) is 44.7 Å². The molecule has 0 bridgehead atoms. The number of carbonyl (C=O) groups excluding carboxylic acids is 3. The Balaban J connectivity index is 1.34. The number of nitrogens with zero attached hydrogens (tertiary/aromatic N) is 3. The van der Waals surface area contributed by atoms with E-state index in [4.69, 9.17) is 22.1 Å². The van der Waals surface area contributed by atoms with E-state index in [9.17, 15) is 18.8 Å². The molecular weight excluding hydrogens is 491 g/mol. The minimum Gasteiger partial charge on any atom is -0.379 e. The number of imidazole rings is 1. The van der Waals surface area contributed by atoms with Gasteiger partial charge < -0.3 is 25.7 Å². The Hall–Kier alpha value is -3.02. The number of anilines is 1. The van der Waals surface area contributed by atoms with E-state index in [0.29, 0.717) is 57.7 Å². The van der Waals surface area contributed by atoms with Crippen molar-refractivity contribution in [1.29, 1.82) is 0 Å². The summed E-state index contributed by atoms with van der Waals surface area (Å²) < 4.78 is 20.2. The number of carbonyl (C=O) groups is 3. The Morgan fingerprint density at radius 1 is 1.17 bits per heavy atom. The van der Waals surface area contributed by atoms with Crippen LogP contribution in [0.25, 0.3) is 0 Å². The zero-order chi connectivity index (χ0) is 25.7. The number of benzene rings is 1. The van der Waals surface area contributed by atoms with Gasteiger partial charge in [-0.25, -0.2) is 9.37 Å². The number of ether oxygens (including phenoxy) is 1. The van der Waals surface area contributed by atoms with E-state index in [1.54, 1.807) is 4.57 Å². The van der Waals surface area contributed by atoms with Crippen LogP contribution in [0.5, 0.6) is 0 Å². The highest BCUT2D eigenvalue weighted by Gasteiger charge is 2.31. The van der Waals surface area contributed by atoms with Crippen molar-refractivity contribution in [2.24, 2.45) is 11.7 Å². The van der Waals surface area contributed by atoms with E-state index in [2.05, 4.69) is 20.5 Å². The van der Waals surface area contributed by atoms with Gasteiger partial charge in [0.15, 0.2) is 5.69 Å². The number of nitrogens with two attached hydrogens (primary N) is 1. The zero-order valence-electron chi connectivity index (χ0n) is 19.8. The SMILES string of the molecule is NC(=O)c1c(C(=O)NCCN2CCOCC2)ncn1C1CCC(C(=O)Nc2ccc(F)cc2Cl)CC1. The molecule has 2 fully saturated rings. The second-order valence-corrected chi connectivity index (χ2v) is 9.45. The summed E-state index contributed by atoms with van der Waals surface area (Å²) in [5.41, 5.74) is 6.08. The lowest BCUT2D eigenvalue weighted by Crippen LogP contribution is -2.41. The molecule has 0 unspecified atom stereocenters. The fraction of sp³-hybridized carbons (Fsp3) is 0.500. The predicted molar refractivity (Wildman–Crippen MR) is 131 cm³/mol. The largest absolute Gasteiger partial charge is 0.379 e. The lowest BCUT2D eigenvalue weighted by Gasteiger charge is -2.29. The van der Waals surface area contributed by atoms with E-state index >= 15 is 0 Å². The van der Waals surface area contributed by atoms with E-state index in [-0.39, 0.29) is 34.3 Å². The molecular formula is C24H30ClFN6O4. The van der Waals surface area contributed by atoms with Gasteiger partial charge in [0.2, 0.25) is 5.91 Å². The topological polar surface area (TPSA) is 132 Å². The zero-order valence-corrected chi connectivity index (χ0v) is 20.6. The monoisotopic (exact) mass is 520 g/mol. The number of halogens is 2. The van der Waals surface area contributed by atoms with Crippen LogP contribution in [0.2, 0.25) is 5.02 Å². The fourth-order valence-electron chi connectivity index (χ4n) is 4.73. The van der Waals surface area contributed by atoms with Gasteiger partial charge in [0.05, 0.1) is 30.3 Å². The molecule has 0 atom stereocenters. The number of nitrogens with one attached hydrogen (secondary N) is 2. The van der Waals surface area contributed by atoms with Crippen molar-refractivity contribution < 1.29 is 23.5 Å². The summed E-state index contributed by atoms with van der Waals surface area (Å²) in [5.74, 6) is -2.10. The van der Waals surface area contributed by atoms with Gasteiger partial charge in [0.25, 0.3) is 11.8 Å². The maximum absolute atomic E-state index is 13.3. The van der Waals surface area contributed by atoms with Crippen LogP contribution in [-0.2, 0) is 9.53 Å². The first-order valence-electron chi connectivity index (χ1n) is 12.0. The van der Waals surface area contributed by atoms with E-state index < -0.39 is 17.6 Å². The van der Waals surface area contributed by atoms with E-state index in [0.717, 1.165) is 19.2 Å². The quantitative estimate of drug-likeness (QED) is 0.489. The van der Waals surface area contributed by atoms with Gasteiger partial charge in [-0.05, 0) is 43.9 Å². The Labute approximate surface area is 213 Å². The number of amides is 3. The Morgan fingerprint density at radius 2 is 1.89 bits per heavy atom. The van der Waals surface area contributed by atoms with Crippen molar-refractivity contribution >= 4 is 35.0 Å². The molecule has 1 saturated heterocycles. The smallest absolute Gasteiger partial charge is 0.272 e. The molecule has 0 spiro atoms. The van der Waals surface area contributed by atoms with Crippen molar-refractivity contribution in [2.45, 2.75) is 31.7 Å². The summed E-state index contributed by atoms with van der Waals surface area (Å²) >= 11 is 6.01. The van der Waals surface area contributed by atoms with Crippen LogP contribution in [0.3, 0.4) is 0 Å². The number of hydrogen-bond acceptors (Lipinski definition) is 6. The second-order valence-electron chi connectivity index (χ2n) is 9.04. The molecule has 12 heteroatoms. The van der Waals surface area contributed by atoms with Crippen LogP contribution in [0, 0.1) is 11.7 Å². The molecule has 2 heterocycles. The first kappa shape index (κ1) is 26.1. The average molecular weight is 521 g/mol. The Kier molecular flexibility index (Phi) is 8.55. The molecule has 4 N–H and O–H groups in total. The maximum Gasteiger partial charge on any atom is 0.272 e. The molecule has 36 heavy (non-hydrogen) atoms. The third kappa shape index (κ3) is 6.21. The number of hydrogen-bond donors (Lipinski definition) is 3. The van der Waals surface area contributed by atoms with Gasteiger partial charge in [0, 0.05) is 38.1 Å². The second kappa shape index (κ2) is 11.8. The molecule has 10 nitrogen and oxygen atoms in total. The highest BCUT2D eigenvalue weighted by molar-refractivity contribution is 6.33. The Morgan fingerprint density at radius 3 is 2.56 bits per heavy atom. The molecule has 194 valence electrons. The maximum atomic E-state index is 13.3. The fourth-order valence-corrected chi connectivity index (χ4v) is 4.94. The molecule has 1 aliphatic carbocycles. The van der Waals surface area contributed by atoms with Crippen molar-refractivity contribution in [3.63, 3.8) is 0 Å². The molecule has 4 rings (SSSR count). The van der Waals surface area contributed by atoms with Crippen LogP contribution in [0.4, 0.5) is 10.1 Å². The number of aromatic nitrogens is 2. The summed E-state index contributed by atoms with van der Waals surface area (Å²) in [6, 6.07) is 3.70. The predicted octanol–water partition coefficient (Wildman–Crippen LogP) is 2.21. The minimum absolute atomic E-state index is 0.00953. The summed E-state index contributed by atoms with van der Waals surface area (Å²) in [7, 11) is 0. The molecule has 2 aromatic rings. The number of rotatable bonds is 8. The van der Waals surface area contributed by atoms with Crippen molar-refractivity contribution in [1.82, 2.24) is 19.8 Å². The number of morpholine rings is 1. The molecule has 0 radical (unpaired) electrons. The lowest BCUT2D eigenvalue weighted by molar-refractivity contribution is -0.121. The van der Waals surface area contributed by atoms with Gasteiger partial charge in [0.1, 0.15) is 11.5 Å². The van der Waals surface area contributed by atoms with Crippen LogP contribution in [0.15, 0.2) is 24.5 Å². The summed E-state index contributed by atoms with van der Waals surface area (Å²) in [4.78, 5) is 44.1. The van der Waals surface area contributed by atoms with Crippen LogP contribution >= 0.6 is 11.6 Å². The molecule has 1 aromatic heterocycles. The average Bonchev–Trinajstić information content (AvgIpc) is 3.32. The van der Waals surface area contributed by atoms with Gasteiger partial charge >= 0.3 is 0 Å². The van der Waals surface area contributed by atoms with Crippen molar-refractivity contribution in [3.8, 4) is 0 Å². The first-order chi connectivity index (χ1) is 17.3.